The first kappa shape index (κ1) is 19.1. The van der Waals surface area contributed by atoms with Crippen molar-refractivity contribution < 1.29 is 19.2 Å². The minimum absolute atomic E-state index is 0.0811. The lowest BCUT2D eigenvalue weighted by molar-refractivity contribution is -0.885. The van der Waals surface area contributed by atoms with Gasteiger partial charge in [-0.05, 0) is 42.8 Å². The van der Waals surface area contributed by atoms with E-state index in [0.717, 1.165) is 21.8 Å². The van der Waals surface area contributed by atoms with E-state index in [1.165, 1.54) is 0 Å². The minimum atomic E-state index is -0.0811. The third-order valence-corrected chi connectivity index (χ3v) is 4.06. The Balaban J connectivity index is 2.01. The molecule has 1 amide bonds. The van der Waals surface area contributed by atoms with Gasteiger partial charge in [0.25, 0.3) is 5.91 Å². The van der Waals surface area contributed by atoms with Crippen LogP contribution in [0.15, 0.2) is 36.4 Å². The Labute approximate surface area is 153 Å². The van der Waals surface area contributed by atoms with E-state index in [2.05, 4.69) is 5.32 Å². The van der Waals surface area contributed by atoms with Gasteiger partial charge < -0.3 is 19.7 Å². The van der Waals surface area contributed by atoms with Gasteiger partial charge in [-0.1, -0.05) is 17.7 Å². The van der Waals surface area contributed by atoms with Crippen LogP contribution in [0.5, 0.6) is 11.5 Å². The zero-order valence-electron chi connectivity index (χ0n) is 15.0. The molecule has 0 bridgehead atoms. The van der Waals surface area contributed by atoms with Crippen molar-refractivity contribution >= 4 is 23.2 Å². The molecular weight excluding hydrogens is 340 g/mol. The van der Waals surface area contributed by atoms with Gasteiger partial charge in [0.15, 0.2) is 6.54 Å². The predicted octanol–water partition coefficient (Wildman–Crippen LogP) is 2.32. The molecule has 1 atom stereocenters. The number of hydrogen-bond acceptors (Lipinski definition) is 3. The van der Waals surface area contributed by atoms with Crippen LogP contribution in [-0.2, 0) is 11.3 Å². The standard InChI is InChI=1S/C19H23ClN2O3/c1-13-5-7-18(25-4)16(9-13)21-19(23)12-22(2)11-14-10-15(20)6-8-17(14)24-3/h5-10H,11-12H2,1-4H3,(H,21,23)/p+1. The number of anilines is 1. The Kier molecular flexibility index (Phi) is 6.67. The number of halogens is 1. The van der Waals surface area contributed by atoms with Crippen molar-refractivity contribution in [2.75, 3.05) is 33.1 Å². The van der Waals surface area contributed by atoms with Gasteiger partial charge >= 0.3 is 0 Å². The van der Waals surface area contributed by atoms with Gasteiger partial charge in [0, 0.05) is 10.6 Å². The summed E-state index contributed by atoms with van der Waals surface area (Å²) in [6.07, 6.45) is 0. The normalized spacial score (nSPS) is 11.7. The van der Waals surface area contributed by atoms with Gasteiger partial charge in [-0.25, -0.2) is 0 Å². The van der Waals surface area contributed by atoms with E-state index in [-0.39, 0.29) is 5.91 Å². The van der Waals surface area contributed by atoms with Crippen molar-refractivity contribution in [3.8, 4) is 11.5 Å². The highest BCUT2D eigenvalue weighted by atomic mass is 35.5. The number of rotatable bonds is 7. The fourth-order valence-corrected chi connectivity index (χ4v) is 2.86. The minimum Gasteiger partial charge on any atom is -0.496 e. The topological polar surface area (TPSA) is 52.0 Å². The molecule has 0 saturated carbocycles. The van der Waals surface area contributed by atoms with Gasteiger partial charge in [-0.2, -0.15) is 0 Å². The number of amides is 1. The number of ether oxygens (including phenoxy) is 2. The fraction of sp³-hybridized carbons (Fsp3) is 0.316. The monoisotopic (exact) mass is 363 g/mol. The Bertz CT molecular complexity index is 749. The van der Waals surface area contributed by atoms with Gasteiger partial charge in [0.1, 0.15) is 18.0 Å². The molecular formula is C19H24ClN2O3+. The molecule has 0 aliphatic heterocycles. The van der Waals surface area contributed by atoms with Crippen LogP contribution in [0.1, 0.15) is 11.1 Å². The number of benzene rings is 2. The van der Waals surface area contributed by atoms with E-state index in [4.69, 9.17) is 21.1 Å². The molecule has 2 aromatic rings. The van der Waals surface area contributed by atoms with Crippen LogP contribution in [0.4, 0.5) is 5.69 Å². The lowest BCUT2D eigenvalue weighted by Crippen LogP contribution is -3.08. The summed E-state index contributed by atoms with van der Waals surface area (Å²) in [4.78, 5) is 13.4. The van der Waals surface area contributed by atoms with Gasteiger partial charge in [-0.15, -0.1) is 0 Å². The first-order valence-corrected chi connectivity index (χ1v) is 8.39. The highest BCUT2D eigenvalue weighted by Gasteiger charge is 2.15. The van der Waals surface area contributed by atoms with Crippen LogP contribution < -0.4 is 19.7 Å². The Morgan fingerprint density at radius 1 is 1.12 bits per heavy atom. The first-order chi connectivity index (χ1) is 11.9. The van der Waals surface area contributed by atoms with Crippen LogP contribution in [0.25, 0.3) is 0 Å². The summed E-state index contributed by atoms with van der Waals surface area (Å²) in [5.74, 6) is 1.33. The number of likely N-dealkylation sites (N-methyl/N-ethyl adjacent to an activating group) is 1. The van der Waals surface area contributed by atoms with E-state index in [1.807, 2.05) is 44.3 Å². The van der Waals surface area contributed by atoms with Gasteiger partial charge in [-0.3, -0.25) is 4.79 Å². The zero-order valence-corrected chi connectivity index (χ0v) is 15.7. The lowest BCUT2D eigenvalue weighted by Gasteiger charge is -2.17. The number of carbonyl (C=O) groups is 1. The molecule has 0 aromatic heterocycles. The molecule has 0 spiro atoms. The Hall–Kier alpha value is -2.24. The quantitative estimate of drug-likeness (QED) is 0.793. The highest BCUT2D eigenvalue weighted by Crippen LogP contribution is 2.25. The number of aryl methyl sites for hydroxylation is 1. The van der Waals surface area contributed by atoms with Crippen molar-refractivity contribution in [2.24, 2.45) is 0 Å². The summed E-state index contributed by atoms with van der Waals surface area (Å²) in [5.41, 5.74) is 2.70. The van der Waals surface area contributed by atoms with E-state index >= 15 is 0 Å². The molecule has 5 nitrogen and oxygen atoms in total. The van der Waals surface area contributed by atoms with Crippen LogP contribution in [0.2, 0.25) is 5.02 Å². The number of methoxy groups -OCH3 is 2. The highest BCUT2D eigenvalue weighted by molar-refractivity contribution is 6.30. The maximum atomic E-state index is 12.4. The number of nitrogens with one attached hydrogen (secondary N) is 2. The Morgan fingerprint density at radius 2 is 1.80 bits per heavy atom. The molecule has 0 fully saturated rings. The van der Waals surface area contributed by atoms with Gasteiger partial charge in [0.2, 0.25) is 0 Å². The second kappa shape index (κ2) is 8.74. The van der Waals surface area contributed by atoms with Crippen LogP contribution in [0.3, 0.4) is 0 Å². The summed E-state index contributed by atoms with van der Waals surface area (Å²) in [5, 5.41) is 3.57. The summed E-state index contributed by atoms with van der Waals surface area (Å²) in [7, 11) is 5.16. The summed E-state index contributed by atoms with van der Waals surface area (Å²) < 4.78 is 10.6. The molecule has 6 heteroatoms. The molecule has 2 rings (SSSR count). The van der Waals surface area contributed by atoms with Crippen molar-refractivity contribution in [1.29, 1.82) is 0 Å². The maximum Gasteiger partial charge on any atom is 0.279 e. The smallest absolute Gasteiger partial charge is 0.279 e. The molecule has 2 aromatic carbocycles. The van der Waals surface area contributed by atoms with Crippen LogP contribution in [-0.4, -0.2) is 33.7 Å². The average Bonchev–Trinajstić information content (AvgIpc) is 2.55. The molecule has 0 aliphatic rings. The lowest BCUT2D eigenvalue weighted by atomic mass is 10.2. The number of quaternary nitrogens is 1. The zero-order chi connectivity index (χ0) is 18.4. The number of carbonyl (C=O) groups excluding carboxylic acids is 1. The fourth-order valence-electron chi connectivity index (χ4n) is 2.66. The third kappa shape index (κ3) is 5.37. The van der Waals surface area contributed by atoms with E-state index in [1.54, 1.807) is 20.3 Å². The SMILES string of the molecule is COc1ccc(Cl)cc1C[NH+](C)CC(=O)Nc1cc(C)ccc1OC. The summed E-state index contributed by atoms with van der Waals surface area (Å²) in [6, 6.07) is 11.2. The van der Waals surface area contributed by atoms with Crippen molar-refractivity contribution in [1.82, 2.24) is 0 Å². The molecule has 0 radical (unpaired) electrons. The summed E-state index contributed by atoms with van der Waals surface area (Å²) >= 11 is 6.06. The van der Waals surface area contributed by atoms with E-state index in [9.17, 15) is 4.79 Å². The molecule has 0 aliphatic carbocycles. The van der Waals surface area contributed by atoms with Crippen molar-refractivity contribution in [2.45, 2.75) is 13.5 Å². The van der Waals surface area contributed by atoms with Crippen LogP contribution >= 0.6 is 11.6 Å². The van der Waals surface area contributed by atoms with E-state index in [0.29, 0.717) is 29.5 Å². The van der Waals surface area contributed by atoms with Gasteiger partial charge in [0.05, 0.1) is 27.0 Å². The molecule has 0 heterocycles. The number of hydrogen-bond donors (Lipinski definition) is 2. The van der Waals surface area contributed by atoms with Crippen molar-refractivity contribution in [3.05, 3.63) is 52.5 Å². The van der Waals surface area contributed by atoms with E-state index < -0.39 is 0 Å². The van der Waals surface area contributed by atoms with Crippen molar-refractivity contribution in [3.63, 3.8) is 0 Å². The third-order valence-electron chi connectivity index (χ3n) is 3.83. The summed E-state index contributed by atoms with van der Waals surface area (Å²) in [6.45, 7) is 2.91. The van der Waals surface area contributed by atoms with Crippen LogP contribution in [0, 0.1) is 6.92 Å². The maximum absolute atomic E-state index is 12.4. The second-order valence-electron chi connectivity index (χ2n) is 6.02. The molecule has 25 heavy (non-hydrogen) atoms. The molecule has 0 saturated heterocycles. The molecule has 134 valence electrons. The average molecular weight is 364 g/mol. The predicted molar refractivity (Wildman–Crippen MR) is 99.8 cm³/mol. The molecule has 1 unspecified atom stereocenters. The second-order valence-corrected chi connectivity index (χ2v) is 6.46. The largest absolute Gasteiger partial charge is 0.496 e. The molecule has 2 N–H and O–H groups in total. The Morgan fingerprint density at radius 3 is 2.48 bits per heavy atom. The first-order valence-electron chi connectivity index (χ1n) is 8.01.